The van der Waals surface area contributed by atoms with Gasteiger partial charge in [-0.1, -0.05) is 16.5 Å². The number of fused-ring (bicyclic) bond motifs is 1. The number of hydrogen-bond donors (Lipinski definition) is 0. The van der Waals surface area contributed by atoms with E-state index in [0.717, 1.165) is 59.0 Å². The average molecular weight is 393 g/mol. The minimum Gasteiger partial charge on any atom is -0.347 e. The van der Waals surface area contributed by atoms with E-state index in [2.05, 4.69) is 20.0 Å². The average Bonchev–Trinajstić information content (AvgIpc) is 3.15. The van der Waals surface area contributed by atoms with E-state index in [1.165, 1.54) is 12.8 Å². The highest BCUT2D eigenvalue weighted by Crippen LogP contribution is 2.40. The van der Waals surface area contributed by atoms with Gasteiger partial charge in [-0.15, -0.1) is 5.10 Å². The monoisotopic (exact) mass is 393 g/mol. The van der Waals surface area contributed by atoms with Gasteiger partial charge < -0.3 is 9.42 Å². The van der Waals surface area contributed by atoms with Crippen LogP contribution < -0.4 is 4.90 Å². The molecule has 1 aliphatic heterocycles. The first-order chi connectivity index (χ1) is 13.8. The van der Waals surface area contributed by atoms with Crippen LogP contribution in [0.3, 0.4) is 0 Å². The van der Waals surface area contributed by atoms with Crippen molar-refractivity contribution in [3.8, 4) is 11.3 Å². The fourth-order valence-electron chi connectivity index (χ4n) is 3.71. The minimum absolute atomic E-state index is 0.383. The molecule has 5 heterocycles. The van der Waals surface area contributed by atoms with Crippen LogP contribution in [-0.4, -0.2) is 42.8 Å². The van der Waals surface area contributed by atoms with Gasteiger partial charge in [-0.25, -0.2) is 9.50 Å². The summed E-state index contributed by atoms with van der Waals surface area (Å²) in [6.45, 7) is 1.90. The molecule has 0 unspecified atom stereocenters. The van der Waals surface area contributed by atoms with Gasteiger partial charge in [-0.05, 0) is 37.8 Å². The largest absolute Gasteiger partial charge is 0.347 e. The van der Waals surface area contributed by atoms with Gasteiger partial charge in [-0.3, -0.25) is 4.98 Å². The van der Waals surface area contributed by atoms with Crippen molar-refractivity contribution in [3.63, 3.8) is 0 Å². The highest BCUT2D eigenvalue weighted by Gasteiger charge is 2.32. The van der Waals surface area contributed by atoms with E-state index < -0.39 is 0 Å². The summed E-state index contributed by atoms with van der Waals surface area (Å²) in [6.07, 6.45) is 9.98. The number of anilines is 1. The fourth-order valence-corrected chi connectivity index (χ4v) is 4.64. The molecule has 0 N–H and O–H groups in total. The summed E-state index contributed by atoms with van der Waals surface area (Å²) in [5.41, 5.74) is 1.91. The molecule has 8 nitrogen and oxygen atoms in total. The summed E-state index contributed by atoms with van der Waals surface area (Å²) >= 11 is 1.63. The molecule has 0 radical (unpaired) electrons. The number of aromatic nitrogens is 6. The van der Waals surface area contributed by atoms with Crippen molar-refractivity contribution >= 4 is 21.4 Å². The SMILES string of the molecule is c1cncc(-c2cn3nc(N4CCC(c5noc(C6CC6)n5)CC4)sc3n2)c1. The Morgan fingerprint density at radius 3 is 2.71 bits per heavy atom. The zero-order chi connectivity index (χ0) is 18.5. The van der Waals surface area contributed by atoms with E-state index in [1.807, 2.05) is 29.0 Å². The van der Waals surface area contributed by atoms with Crippen molar-refractivity contribution in [2.24, 2.45) is 0 Å². The van der Waals surface area contributed by atoms with E-state index in [-0.39, 0.29) is 0 Å². The Kier molecular flexibility index (Phi) is 3.68. The molecule has 9 heteroatoms. The lowest BCUT2D eigenvalue weighted by atomic mass is 9.96. The van der Waals surface area contributed by atoms with E-state index >= 15 is 0 Å². The molecule has 0 spiro atoms. The van der Waals surface area contributed by atoms with E-state index in [1.54, 1.807) is 17.5 Å². The molecule has 1 saturated heterocycles. The molecule has 4 aromatic heterocycles. The standard InChI is InChI=1S/C19H19N7OS/c1-2-14(10-20-7-1)15-11-26-18(21-15)28-19(23-26)25-8-5-12(6-9-25)16-22-17(27-24-16)13-3-4-13/h1-2,7,10-13H,3-6,8-9H2. The first kappa shape index (κ1) is 16.2. The van der Waals surface area contributed by atoms with Crippen molar-refractivity contribution in [1.29, 1.82) is 0 Å². The number of hydrogen-bond acceptors (Lipinski definition) is 8. The molecule has 2 fully saturated rings. The fraction of sp³-hybridized carbons (Fsp3) is 0.421. The number of imidazole rings is 1. The van der Waals surface area contributed by atoms with Crippen LogP contribution in [0, 0.1) is 0 Å². The van der Waals surface area contributed by atoms with Crippen molar-refractivity contribution in [1.82, 2.24) is 29.7 Å². The molecule has 6 rings (SSSR count). The van der Waals surface area contributed by atoms with E-state index in [0.29, 0.717) is 11.8 Å². The first-order valence-corrected chi connectivity index (χ1v) is 10.5. The molecule has 1 saturated carbocycles. The summed E-state index contributed by atoms with van der Waals surface area (Å²) in [6, 6.07) is 3.93. The lowest BCUT2D eigenvalue weighted by Crippen LogP contribution is -2.33. The third-order valence-electron chi connectivity index (χ3n) is 5.50. The molecule has 1 aliphatic carbocycles. The van der Waals surface area contributed by atoms with Crippen molar-refractivity contribution in [3.05, 3.63) is 42.4 Å². The highest BCUT2D eigenvalue weighted by atomic mass is 32.1. The second-order valence-electron chi connectivity index (χ2n) is 7.51. The number of nitrogens with zero attached hydrogens (tertiary/aromatic N) is 7. The third-order valence-corrected chi connectivity index (χ3v) is 6.49. The summed E-state index contributed by atoms with van der Waals surface area (Å²) in [5.74, 6) is 2.62. The normalized spacial score (nSPS) is 18.2. The van der Waals surface area contributed by atoms with Crippen LogP contribution in [0.5, 0.6) is 0 Å². The van der Waals surface area contributed by atoms with Gasteiger partial charge in [-0.2, -0.15) is 4.98 Å². The Bertz CT molecular complexity index is 1070. The Morgan fingerprint density at radius 2 is 1.96 bits per heavy atom. The smallest absolute Gasteiger partial charge is 0.229 e. The maximum atomic E-state index is 5.43. The van der Waals surface area contributed by atoms with Gasteiger partial charge in [0.1, 0.15) is 0 Å². The lowest BCUT2D eigenvalue weighted by molar-refractivity contribution is 0.365. The minimum atomic E-state index is 0.383. The second-order valence-corrected chi connectivity index (χ2v) is 8.44. The lowest BCUT2D eigenvalue weighted by Gasteiger charge is -2.29. The van der Waals surface area contributed by atoms with Gasteiger partial charge in [0.2, 0.25) is 16.0 Å². The van der Waals surface area contributed by atoms with Crippen molar-refractivity contribution in [2.75, 3.05) is 18.0 Å². The first-order valence-electron chi connectivity index (χ1n) is 9.68. The molecule has 0 amide bonds. The molecular formula is C19H19N7OS. The van der Waals surface area contributed by atoms with Crippen LogP contribution in [-0.2, 0) is 0 Å². The molecule has 142 valence electrons. The summed E-state index contributed by atoms with van der Waals surface area (Å²) in [5, 5.41) is 9.99. The Labute approximate surface area is 165 Å². The molecule has 2 aliphatic rings. The van der Waals surface area contributed by atoms with E-state index in [4.69, 9.17) is 14.6 Å². The van der Waals surface area contributed by atoms with Gasteiger partial charge in [0.25, 0.3) is 0 Å². The topological polar surface area (TPSA) is 85.2 Å². The van der Waals surface area contributed by atoms with Crippen LogP contribution in [0.4, 0.5) is 5.13 Å². The van der Waals surface area contributed by atoms with Crippen molar-refractivity contribution in [2.45, 2.75) is 37.5 Å². The number of pyridine rings is 1. The predicted molar refractivity (Wildman–Crippen MR) is 105 cm³/mol. The molecule has 0 atom stereocenters. The van der Waals surface area contributed by atoms with Gasteiger partial charge in [0, 0.05) is 42.9 Å². The van der Waals surface area contributed by atoms with E-state index in [9.17, 15) is 0 Å². The maximum absolute atomic E-state index is 5.43. The summed E-state index contributed by atoms with van der Waals surface area (Å²) in [7, 11) is 0. The highest BCUT2D eigenvalue weighted by molar-refractivity contribution is 7.20. The van der Waals surface area contributed by atoms with Crippen LogP contribution in [0.25, 0.3) is 16.2 Å². The van der Waals surface area contributed by atoms with Crippen LogP contribution in [0.2, 0.25) is 0 Å². The molecule has 4 aromatic rings. The zero-order valence-corrected chi connectivity index (χ0v) is 16.0. The van der Waals surface area contributed by atoms with Gasteiger partial charge in [0.05, 0.1) is 11.9 Å². The van der Waals surface area contributed by atoms with Gasteiger partial charge >= 0.3 is 0 Å². The number of piperidine rings is 1. The van der Waals surface area contributed by atoms with Crippen LogP contribution >= 0.6 is 11.3 Å². The zero-order valence-electron chi connectivity index (χ0n) is 15.2. The molecule has 0 bridgehead atoms. The number of rotatable bonds is 4. The van der Waals surface area contributed by atoms with Crippen LogP contribution in [0.15, 0.2) is 35.2 Å². The van der Waals surface area contributed by atoms with Gasteiger partial charge in [0.15, 0.2) is 5.82 Å². The summed E-state index contributed by atoms with van der Waals surface area (Å²) < 4.78 is 7.30. The predicted octanol–water partition coefficient (Wildman–Crippen LogP) is 3.50. The Morgan fingerprint density at radius 1 is 1.07 bits per heavy atom. The Balaban J connectivity index is 1.16. The maximum Gasteiger partial charge on any atom is 0.229 e. The third kappa shape index (κ3) is 2.86. The van der Waals surface area contributed by atoms with Crippen molar-refractivity contribution < 1.29 is 4.52 Å². The molecular weight excluding hydrogens is 374 g/mol. The summed E-state index contributed by atoms with van der Waals surface area (Å²) in [4.78, 5) is 16.7. The van der Waals surface area contributed by atoms with Crippen LogP contribution in [0.1, 0.15) is 49.2 Å². The molecule has 28 heavy (non-hydrogen) atoms. The quantitative estimate of drug-likeness (QED) is 0.524. The second kappa shape index (κ2) is 6.37. The molecule has 0 aromatic carbocycles. The Hall–Kier alpha value is -2.81.